The maximum atomic E-state index is 9.15. The first-order chi connectivity index (χ1) is 8.38. The van der Waals surface area contributed by atoms with Gasteiger partial charge in [0.25, 0.3) is 0 Å². The fraction of sp³-hybridized carbons (Fsp3) is 1.00. The van der Waals surface area contributed by atoms with E-state index in [9.17, 15) is 0 Å². The molecular weight excluding hydrogens is 234 g/mol. The lowest BCUT2D eigenvalue weighted by molar-refractivity contribution is 0.122. The van der Waals surface area contributed by atoms with Gasteiger partial charge in [-0.2, -0.15) is 0 Å². The minimum atomic E-state index is 0.304. The molecule has 3 heteroatoms. The molecule has 0 unspecified atom stereocenters. The highest BCUT2D eigenvalue weighted by Gasteiger charge is 2.19. The molecule has 2 nitrogen and oxygen atoms in total. The normalized spacial score (nSPS) is 17.8. The topological polar surface area (TPSA) is 23.5 Å². The van der Waals surface area contributed by atoms with Gasteiger partial charge in [-0.05, 0) is 32.2 Å². The van der Waals surface area contributed by atoms with Gasteiger partial charge in [0.05, 0.1) is 6.61 Å². The van der Waals surface area contributed by atoms with Gasteiger partial charge in [0.2, 0.25) is 0 Å². The fourth-order valence-corrected chi connectivity index (χ4v) is 3.00. The van der Waals surface area contributed by atoms with Crippen molar-refractivity contribution in [1.29, 1.82) is 0 Å². The Kier molecular flexibility index (Phi) is 9.13. The van der Waals surface area contributed by atoms with E-state index in [0.717, 1.165) is 31.4 Å². The van der Waals surface area contributed by atoms with Crippen molar-refractivity contribution in [3.8, 4) is 0 Å². The van der Waals surface area contributed by atoms with Crippen LogP contribution in [-0.2, 0) is 0 Å². The van der Waals surface area contributed by atoms with Gasteiger partial charge in [0.15, 0.2) is 0 Å². The maximum absolute atomic E-state index is 9.15. The molecule has 0 atom stereocenters. The third kappa shape index (κ3) is 6.64. The first-order valence-electron chi connectivity index (χ1n) is 7.29. The van der Waals surface area contributed by atoms with Crippen LogP contribution in [0, 0.1) is 0 Å². The van der Waals surface area contributed by atoms with Crippen LogP contribution in [0.3, 0.4) is 0 Å². The van der Waals surface area contributed by atoms with E-state index in [2.05, 4.69) is 4.90 Å². The average Bonchev–Trinajstić information content (AvgIpc) is 2.38. The van der Waals surface area contributed by atoms with Gasteiger partial charge in [-0.3, -0.25) is 4.90 Å². The van der Waals surface area contributed by atoms with Crippen molar-refractivity contribution in [2.75, 3.05) is 25.6 Å². The van der Waals surface area contributed by atoms with Crippen LogP contribution in [0.2, 0.25) is 0 Å². The van der Waals surface area contributed by atoms with E-state index in [-0.39, 0.29) is 0 Å². The van der Waals surface area contributed by atoms with Crippen molar-refractivity contribution in [3.05, 3.63) is 0 Å². The molecule has 0 saturated heterocycles. The van der Waals surface area contributed by atoms with E-state index in [4.69, 9.17) is 16.7 Å². The van der Waals surface area contributed by atoms with Crippen LogP contribution in [0.4, 0.5) is 0 Å². The zero-order valence-corrected chi connectivity index (χ0v) is 11.8. The summed E-state index contributed by atoms with van der Waals surface area (Å²) in [7, 11) is 0. The van der Waals surface area contributed by atoms with Crippen LogP contribution in [0.25, 0.3) is 0 Å². The average molecular weight is 262 g/mol. The smallest absolute Gasteiger partial charge is 0.0558 e. The van der Waals surface area contributed by atoms with Gasteiger partial charge in [-0.1, -0.05) is 32.1 Å². The van der Waals surface area contributed by atoms with Gasteiger partial charge in [0, 0.05) is 18.5 Å². The van der Waals surface area contributed by atoms with E-state index in [0.29, 0.717) is 6.61 Å². The van der Waals surface area contributed by atoms with E-state index in [1.165, 1.54) is 51.4 Å². The van der Waals surface area contributed by atoms with E-state index in [1.54, 1.807) is 0 Å². The number of unbranched alkanes of at least 4 members (excludes halogenated alkanes) is 3. The molecule has 1 saturated carbocycles. The molecular formula is C14H28ClNO. The third-order valence-electron chi connectivity index (χ3n) is 3.81. The molecule has 0 aromatic rings. The molecule has 1 N–H and O–H groups in total. The van der Waals surface area contributed by atoms with Crippen LogP contribution >= 0.6 is 11.6 Å². The lowest BCUT2D eigenvalue weighted by Crippen LogP contribution is -2.39. The SMILES string of the molecule is OCCN(CCCCCCCl)C1CCCCC1. The van der Waals surface area contributed by atoms with E-state index in [1.807, 2.05) is 0 Å². The van der Waals surface area contributed by atoms with Gasteiger partial charge >= 0.3 is 0 Å². The summed E-state index contributed by atoms with van der Waals surface area (Å²) in [4.78, 5) is 2.51. The highest BCUT2D eigenvalue weighted by molar-refractivity contribution is 6.17. The maximum Gasteiger partial charge on any atom is 0.0558 e. The lowest BCUT2D eigenvalue weighted by Gasteiger charge is -2.34. The zero-order valence-electron chi connectivity index (χ0n) is 11.0. The standard InChI is InChI=1S/C14H28ClNO/c15-10-6-1-2-7-11-16(12-13-17)14-8-4-3-5-9-14/h14,17H,1-13H2. The molecule has 0 aromatic heterocycles. The Labute approximate surface area is 111 Å². The highest BCUT2D eigenvalue weighted by atomic mass is 35.5. The summed E-state index contributed by atoms with van der Waals surface area (Å²) in [5.41, 5.74) is 0. The summed E-state index contributed by atoms with van der Waals surface area (Å²) in [5, 5.41) is 9.15. The molecule has 1 aliphatic carbocycles. The number of nitrogens with zero attached hydrogens (tertiary/aromatic N) is 1. The monoisotopic (exact) mass is 261 g/mol. The van der Waals surface area contributed by atoms with Crippen molar-refractivity contribution in [3.63, 3.8) is 0 Å². The predicted octanol–water partition coefficient (Wildman–Crippen LogP) is 3.41. The lowest BCUT2D eigenvalue weighted by atomic mass is 9.94. The first-order valence-corrected chi connectivity index (χ1v) is 7.83. The molecule has 0 bridgehead atoms. The Morgan fingerprint density at radius 2 is 1.65 bits per heavy atom. The van der Waals surface area contributed by atoms with Crippen molar-refractivity contribution < 1.29 is 5.11 Å². The highest BCUT2D eigenvalue weighted by Crippen LogP contribution is 2.22. The van der Waals surface area contributed by atoms with Gasteiger partial charge < -0.3 is 5.11 Å². The number of hydrogen-bond donors (Lipinski definition) is 1. The number of rotatable bonds is 9. The second kappa shape index (κ2) is 10.2. The number of alkyl halides is 1. The molecule has 0 amide bonds. The van der Waals surface area contributed by atoms with E-state index < -0.39 is 0 Å². The first kappa shape index (κ1) is 15.3. The van der Waals surface area contributed by atoms with Crippen LogP contribution in [0.5, 0.6) is 0 Å². The molecule has 0 aliphatic heterocycles. The number of aliphatic hydroxyl groups excluding tert-OH is 1. The second-order valence-electron chi connectivity index (χ2n) is 5.15. The number of halogens is 1. The summed E-state index contributed by atoms with van der Waals surface area (Å²) < 4.78 is 0. The van der Waals surface area contributed by atoms with Crippen LogP contribution in [0.1, 0.15) is 57.8 Å². The Morgan fingerprint density at radius 1 is 0.941 bits per heavy atom. The molecule has 1 fully saturated rings. The molecule has 17 heavy (non-hydrogen) atoms. The number of hydrogen-bond acceptors (Lipinski definition) is 2. The zero-order chi connectivity index (χ0) is 12.3. The van der Waals surface area contributed by atoms with E-state index >= 15 is 0 Å². The molecule has 1 rings (SSSR count). The van der Waals surface area contributed by atoms with Crippen molar-refractivity contribution in [2.45, 2.75) is 63.8 Å². The minimum absolute atomic E-state index is 0.304. The third-order valence-corrected chi connectivity index (χ3v) is 4.07. The Morgan fingerprint density at radius 3 is 2.29 bits per heavy atom. The van der Waals surface area contributed by atoms with Gasteiger partial charge in [-0.25, -0.2) is 0 Å². The fourth-order valence-electron chi connectivity index (χ4n) is 2.81. The van der Waals surface area contributed by atoms with Crippen LogP contribution < -0.4 is 0 Å². The Bertz CT molecular complexity index is 172. The number of aliphatic hydroxyl groups is 1. The molecule has 0 spiro atoms. The summed E-state index contributed by atoms with van der Waals surface area (Å²) in [6.07, 6.45) is 11.8. The molecule has 0 aromatic carbocycles. The summed E-state index contributed by atoms with van der Waals surface area (Å²) in [6, 6.07) is 0.740. The minimum Gasteiger partial charge on any atom is -0.395 e. The van der Waals surface area contributed by atoms with Crippen molar-refractivity contribution in [1.82, 2.24) is 4.90 Å². The predicted molar refractivity (Wildman–Crippen MR) is 74.7 cm³/mol. The van der Waals surface area contributed by atoms with Gasteiger partial charge in [-0.15, -0.1) is 11.6 Å². The molecule has 102 valence electrons. The van der Waals surface area contributed by atoms with Crippen molar-refractivity contribution >= 4 is 11.6 Å². The summed E-state index contributed by atoms with van der Waals surface area (Å²) in [6.45, 7) is 2.33. The Balaban J connectivity index is 2.17. The van der Waals surface area contributed by atoms with Crippen LogP contribution in [-0.4, -0.2) is 41.6 Å². The summed E-state index contributed by atoms with van der Waals surface area (Å²) in [5.74, 6) is 0.795. The molecule has 0 radical (unpaired) electrons. The largest absolute Gasteiger partial charge is 0.395 e. The summed E-state index contributed by atoms with van der Waals surface area (Å²) >= 11 is 5.67. The second-order valence-corrected chi connectivity index (χ2v) is 5.53. The Hall–Kier alpha value is 0.210. The molecule has 0 heterocycles. The van der Waals surface area contributed by atoms with Gasteiger partial charge in [0.1, 0.15) is 0 Å². The molecule has 1 aliphatic rings. The quantitative estimate of drug-likeness (QED) is 0.508. The van der Waals surface area contributed by atoms with Crippen LogP contribution in [0.15, 0.2) is 0 Å². The van der Waals surface area contributed by atoms with Crippen molar-refractivity contribution in [2.24, 2.45) is 0 Å².